The van der Waals surface area contributed by atoms with E-state index in [1.807, 2.05) is 0 Å². The maximum atomic E-state index is 11.9. The number of amides is 3. The van der Waals surface area contributed by atoms with Crippen molar-refractivity contribution >= 4 is 11.9 Å². The van der Waals surface area contributed by atoms with Gasteiger partial charge >= 0.3 is 6.03 Å². The van der Waals surface area contributed by atoms with E-state index < -0.39 is 6.03 Å². The second kappa shape index (κ2) is 9.12. The van der Waals surface area contributed by atoms with E-state index in [0.29, 0.717) is 29.5 Å². The van der Waals surface area contributed by atoms with Crippen LogP contribution >= 0.6 is 0 Å². The van der Waals surface area contributed by atoms with Gasteiger partial charge in [0.1, 0.15) is 11.5 Å². The minimum absolute atomic E-state index is 0.387. The lowest BCUT2D eigenvalue weighted by Crippen LogP contribution is -2.48. The molecule has 0 spiro atoms. The lowest BCUT2D eigenvalue weighted by molar-refractivity contribution is 0.0934. The van der Waals surface area contributed by atoms with E-state index in [2.05, 4.69) is 30.0 Å². The van der Waals surface area contributed by atoms with E-state index in [1.54, 1.807) is 19.9 Å². The normalized spacial score (nSPS) is 11.8. The number of unbranched alkanes of at least 4 members (excludes halogenated alkanes) is 1. The van der Waals surface area contributed by atoms with E-state index in [9.17, 15) is 9.59 Å². The highest BCUT2D eigenvalue weighted by molar-refractivity contribution is 5.96. The molecule has 0 aromatic carbocycles. The molecular formula is C16H27N3O3. The predicted octanol–water partition coefficient (Wildman–Crippen LogP) is 3.06. The molecule has 6 heteroatoms. The van der Waals surface area contributed by atoms with Crippen LogP contribution in [0.2, 0.25) is 0 Å². The van der Waals surface area contributed by atoms with Gasteiger partial charge in [0.05, 0.1) is 5.56 Å². The number of nitrogens with one attached hydrogen (secondary N) is 3. The van der Waals surface area contributed by atoms with Gasteiger partial charge in [-0.2, -0.15) is 0 Å². The third kappa shape index (κ3) is 5.79. The van der Waals surface area contributed by atoms with Crippen LogP contribution in [-0.2, 0) is 0 Å². The molecule has 0 bridgehead atoms. The first-order valence-corrected chi connectivity index (χ1v) is 7.89. The van der Waals surface area contributed by atoms with E-state index >= 15 is 0 Å². The molecular weight excluding hydrogens is 282 g/mol. The molecule has 124 valence electrons. The summed E-state index contributed by atoms with van der Waals surface area (Å²) in [6.45, 7) is 8.36. The Morgan fingerprint density at radius 3 is 2.50 bits per heavy atom. The Labute approximate surface area is 132 Å². The van der Waals surface area contributed by atoms with Crippen LogP contribution in [0.5, 0.6) is 0 Å². The molecule has 1 unspecified atom stereocenters. The summed E-state index contributed by atoms with van der Waals surface area (Å²) >= 11 is 0. The summed E-state index contributed by atoms with van der Waals surface area (Å²) in [4.78, 5) is 23.6. The molecule has 0 aliphatic rings. The molecule has 0 radical (unpaired) electrons. The lowest BCUT2D eigenvalue weighted by atomic mass is 9.99. The maximum Gasteiger partial charge on any atom is 0.333 e. The van der Waals surface area contributed by atoms with Crippen molar-refractivity contribution in [2.45, 2.75) is 53.4 Å². The van der Waals surface area contributed by atoms with Gasteiger partial charge in [0, 0.05) is 6.54 Å². The fourth-order valence-electron chi connectivity index (χ4n) is 2.26. The highest BCUT2D eigenvalue weighted by Crippen LogP contribution is 2.13. The minimum atomic E-state index is -0.402. The number of carbonyl (C=O) groups excluding carboxylic acids is 2. The Bertz CT molecular complexity index is 497. The molecule has 0 saturated carbocycles. The van der Waals surface area contributed by atoms with Gasteiger partial charge in [0.15, 0.2) is 0 Å². The number of rotatable bonds is 7. The SMILES string of the molecule is CCCCC(CC)CNC(=O)NNC(=O)c1cc(C)oc1C. The fourth-order valence-corrected chi connectivity index (χ4v) is 2.26. The number of furan rings is 1. The maximum absolute atomic E-state index is 11.9. The van der Waals surface area contributed by atoms with Gasteiger partial charge in [-0.1, -0.05) is 33.1 Å². The van der Waals surface area contributed by atoms with Crippen molar-refractivity contribution in [3.8, 4) is 0 Å². The number of hydrogen-bond acceptors (Lipinski definition) is 3. The van der Waals surface area contributed by atoms with Crippen LogP contribution in [0.15, 0.2) is 10.5 Å². The molecule has 22 heavy (non-hydrogen) atoms. The van der Waals surface area contributed by atoms with Crippen LogP contribution in [0.4, 0.5) is 4.79 Å². The summed E-state index contributed by atoms with van der Waals surface area (Å²) in [5, 5.41) is 2.78. The molecule has 1 rings (SSSR count). The Balaban J connectivity index is 2.33. The van der Waals surface area contributed by atoms with Gasteiger partial charge in [-0.15, -0.1) is 0 Å². The fraction of sp³-hybridized carbons (Fsp3) is 0.625. The number of hydrazine groups is 1. The summed E-state index contributed by atoms with van der Waals surface area (Å²) in [7, 11) is 0. The highest BCUT2D eigenvalue weighted by atomic mass is 16.3. The zero-order chi connectivity index (χ0) is 16.5. The van der Waals surface area contributed by atoms with Gasteiger partial charge in [0.2, 0.25) is 0 Å². The van der Waals surface area contributed by atoms with Crippen molar-refractivity contribution in [2.24, 2.45) is 5.92 Å². The summed E-state index contributed by atoms with van der Waals surface area (Å²) in [5.74, 6) is 1.28. The van der Waals surface area contributed by atoms with Crippen LogP contribution in [0, 0.1) is 19.8 Å². The van der Waals surface area contributed by atoms with Gasteiger partial charge < -0.3 is 9.73 Å². The van der Waals surface area contributed by atoms with Gasteiger partial charge in [0.25, 0.3) is 5.91 Å². The zero-order valence-electron chi connectivity index (χ0n) is 13.9. The molecule has 0 aliphatic heterocycles. The monoisotopic (exact) mass is 309 g/mol. The first-order chi connectivity index (χ1) is 10.5. The predicted molar refractivity (Wildman–Crippen MR) is 85.5 cm³/mol. The van der Waals surface area contributed by atoms with Gasteiger partial charge in [-0.05, 0) is 32.3 Å². The number of urea groups is 1. The van der Waals surface area contributed by atoms with Crippen LogP contribution in [0.3, 0.4) is 0 Å². The van der Waals surface area contributed by atoms with E-state index in [4.69, 9.17) is 4.42 Å². The van der Waals surface area contributed by atoms with Crippen molar-refractivity contribution in [3.05, 3.63) is 23.2 Å². The Kier molecular flexibility index (Phi) is 7.49. The van der Waals surface area contributed by atoms with Gasteiger partial charge in [-0.3, -0.25) is 10.2 Å². The summed E-state index contributed by atoms with van der Waals surface area (Å²) in [6, 6.07) is 1.24. The molecule has 1 heterocycles. The summed E-state index contributed by atoms with van der Waals surface area (Å²) in [6.07, 6.45) is 4.45. The third-order valence-corrected chi connectivity index (χ3v) is 3.67. The molecule has 0 saturated heterocycles. The van der Waals surface area contributed by atoms with Crippen LogP contribution < -0.4 is 16.2 Å². The lowest BCUT2D eigenvalue weighted by Gasteiger charge is -2.15. The van der Waals surface area contributed by atoms with E-state index in [-0.39, 0.29) is 5.91 Å². The minimum Gasteiger partial charge on any atom is -0.466 e. The molecule has 0 fully saturated rings. The van der Waals surface area contributed by atoms with Crippen molar-refractivity contribution < 1.29 is 14.0 Å². The average Bonchev–Trinajstić information content (AvgIpc) is 2.83. The van der Waals surface area contributed by atoms with Gasteiger partial charge in [-0.25, -0.2) is 10.2 Å². The summed E-state index contributed by atoms with van der Waals surface area (Å²) in [5.41, 5.74) is 5.16. The second-order valence-corrected chi connectivity index (χ2v) is 5.53. The zero-order valence-corrected chi connectivity index (χ0v) is 13.9. The average molecular weight is 309 g/mol. The molecule has 1 aromatic rings. The van der Waals surface area contributed by atoms with Crippen molar-refractivity contribution in [1.29, 1.82) is 0 Å². The van der Waals surface area contributed by atoms with Crippen LogP contribution in [-0.4, -0.2) is 18.5 Å². The molecule has 1 aromatic heterocycles. The quantitative estimate of drug-likeness (QED) is 0.677. The first-order valence-electron chi connectivity index (χ1n) is 7.89. The molecule has 1 atom stereocenters. The Morgan fingerprint density at radius 2 is 1.95 bits per heavy atom. The summed E-state index contributed by atoms with van der Waals surface area (Å²) < 4.78 is 5.28. The smallest absolute Gasteiger partial charge is 0.333 e. The Morgan fingerprint density at radius 1 is 1.23 bits per heavy atom. The first kappa shape index (κ1) is 18.1. The molecule has 6 nitrogen and oxygen atoms in total. The van der Waals surface area contributed by atoms with Crippen LogP contribution in [0.1, 0.15) is 61.4 Å². The van der Waals surface area contributed by atoms with Crippen molar-refractivity contribution in [2.75, 3.05) is 6.54 Å². The van der Waals surface area contributed by atoms with E-state index in [0.717, 1.165) is 25.7 Å². The van der Waals surface area contributed by atoms with Crippen molar-refractivity contribution in [3.63, 3.8) is 0 Å². The largest absolute Gasteiger partial charge is 0.466 e. The Hall–Kier alpha value is -1.98. The van der Waals surface area contributed by atoms with Crippen LogP contribution in [0.25, 0.3) is 0 Å². The van der Waals surface area contributed by atoms with E-state index in [1.165, 1.54) is 0 Å². The molecule has 3 N–H and O–H groups in total. The number of carbonyl (C=O) groups is 2. The molecule has 3 amide bonds. The third-order valence-electron chi connectivity index (χ3n) is 3.67. The topological polar surface area (TPSA) is 83.4 Å². The molecule has 0 aliphatic carbocycles. The second-order valence-electron chi connectivity index (χ2n) is 5.53. The standard InChI is InChI=1S/C16H27N3O3/c1-5-7-8-13(6-2)10-17-16(21)19-18-15(20)14-9-11(3)22-12(14)4/h9,13H,5-8,10H2,1-4H3,(H,18,20)(H2,17,19,21). The van der Waals surface area contributed by atoms with Crippen molar-refractivity contribution in [1.82, 2.24) is 16.2 Å². The number of aryl methyl sites for hydroxylation is 2. The number of hydrogen-bond donors (Lipinski definition) is 3. The highest BCUT2D eigenvalue weighted by Gasteiger charge is 2.14.